The third-order valence-electron chi connectivity index (χ3n) is 4.47. The molecule has 0 amide bonds. The molecule has 3 atom stereocenters. The number of methoxy groups -OCH3 is 1. The average Bonchev–Trinajstić information content (AvgIpc) is 2.55. The van der Waals surface area contributed by atoms with Crippen molar-refractivity contribution in [3.63, 3.8) is 0 Å². The van der Waals surface area contributed by atoms with Crippen LogP contribution in [0.5, 0.6) is 5.75 Å². The van der Waals surface area contributed by atoms with Crippen molar-refractivity contribution < 1.29 is 14.6 Å². The van der Waals surface area contributed by atoms with Crippen LogP contribution in [0.25, 0.3) is 0 Å². The summed E-state index contributed by atoms with van der Waals surface area (Å²) < 4.78 is 10.7. The van der Waals surface area contributed by atoms with Gasteiger partial charge in [0.1, 0.15) is 5.75 Å². The van der Waals surface area contributed by atoms with Crippen LogP contribution in [0.1, 0.15) is 38.2 Å². The molecule has 0 heterocycles. The van der Waals surface area contributed by atoms with Gasteiger partial charge in [-0.05, 0) is 36.5 Å². The van der Waals surface area contributed by atoms with Gasteiger partial charge in [-0.15, -0.1) is 0 Å². The van der Waals surface area contributed by atoms with E-state index in [0.29, 0.717) is 31.7 Å². The standard InChI is InChI=1S/C18H29NO3/c1-14-5-3-4-6-18(14)19-11-16(20)13-22-12-15-7-9-17(21-2)10-8-15/h7-10,14,16,18-20H,3-6,11-13H2,1-2H3/t14-,16+,18+/m1/s1. The summed E-state index contributed by atoms with van der Waals surface area (Å²) in [5.41, 5.74) is 1.09. The molecule has 1 fully saturated rings. The summed E-state index contributed by atoms with van der Waals surface area (Å²) in [7, 11) is 1.65. The van der Waals surface area contributed by atoms with Crippen molar-refractivity contribution in [3.8, 4) is 5.75 Å². The average molecular weight is 307 g/mol. The lowest BCUT2D eigenvalue weighted by Gasteiger charge is -2.30. The van der Waals surface area contributed by atoms with Gasteiger partial charge in [0.2, 0.25) is 0 Å². The second kappa shape index (κ2) is 9.13. The van der Waals surface area contributed by atoms with E-state index in [1.54, 1.807) is 7.11 Å². The first-order valence-electron chi connectivity index (χ1n) is 8.31. The number of nitrogens with one attached hydrogen (secondary N) is 1. The molecule has 1 saturated carbocycles. The topological polar surface area (TPSA) is 50.7 Å². The van der Waals surface area contributed by atoms with Gasteiger partial charge in [-0.3, -0.25) is 0 Å². The van der Waals surface area contributed by atoms with Gasteiger partial charge >= 0.3 is 0 Å². The molecule has 4 heteroatoms. The number of rotatable bonds is 8. The molecule has 4 nitrogen and oxygen atoms in total. The summed E-state index contributed by atoms with van der Waals surface area (Å²) in [6.45, 7) is 3.78. The molecule has 1 aliphatic rings. The van der Waals surface area contributed by atoms with Crippen molar-refractivity contribution in [1.29, 1.82) is 0 Å². The van der Waals surface area contributed by atoms with Gasteiger partial charge in [-0.25, -0.2) is 0 Å². The van der Waals surface area contributed by atoms with Gasteiger partial charge in [0.15, 0.2) is 0 Å². The molecule has 0 radical (unpaired) electrons. The first-order valence-corrected chi connectivity index (χ1v) is 8.31. The summed E-state index contributed by atoms with van der Waals surface area (Å²) in [5.74, 6) is 1.55. The highest BCUT2D eigenvalue weighted by Gasteiger charge is 2.21. The second-order valence-electron chi connectivity index (χ2n) is 6.29. The summed E-state index contributed by atoms with van der Waals surface area (Å²) in [6.07, 6.45) is 4.70. The lowest BCUT2D eigenvalue weighted by atomic mass is 9.86. The SMILES string of the molecule is COc1ccc(COC[C@@H](O)CN[C@H]2CCCC[C@H]2C)cc1. The third-order valence-corrected chi connectivity index (χ3v) is 4.47. The minimum Gasteiger partial charge on any atom is -0.497 e. The van der Waals surface area contributed by atoms with Crippen molar-refractivity contribution >= 4 is 0 Å². The molecule has 1 aromatic carbocycles. The number of benzene rings is 1. The molecule has 124 valence electrons. The maximum atomic E-state index is 10.0. The Balaban J connectivity index is 1.61. The Morgan fingerprint density at radius 1 is 1.23 bits per heavy atom. The first-order chi connectivity index (χ1) is 10.7. The van der Waals surface area contributed by atoms with Crippen LogP contribution < -0.4 is 10.1 Å². The summed E-state index contributed by atoms with van der Waals surface area (Å²) >= 11 is 0. The molecule has 0 spiro atoms. The molecule has 2 N–H and O–H groups in total. The Kier molecular flexibility index (Phi) is 7.16. The van der Waals surface area contributed by atoms with Crippen LogP contribution in [0.2, 0.25) is 0 Å². The van der Waals surface area contributed by atoms with E-state index in [-0.39, 0.29) is 0 Å². The molecule has 0 aliphatic heterocycles. The molecule has 0 saturated heterocycles. The maximum absolute atomic E-state index is 10.0. The van der Waals surface area contributed by atoms with E-state index >= 15 is 0 Å². The second-order valence-corrected chi connectivity index (χ2v) is 6.29. The Hall–Kier alpha value is -1.10. The fraction of sp³-hybridized carbons (Fsp3) is 0.667. The lowest BCUT2D eigenvalue weighted by Crippen LogP contribution is -2.42. The smallest absolute Gasteiger partial charge is 0.118 e. The number of aliphatic hydroxyl groups is 1. The van der Waals surface area contributed by atoms with E-state index in [0.717, 1.165) is 11.3 Å². The Morgan fingerprint density at radius 3 is 2.64 bits per heavy atom. The normalized spacial score (nSPS) is 23.2. The van der Waals surface area contributed by atoms with Crippen molar-refractivity contribution in [2.75, 3.05) is 20.3 Å². The highest BCUT2D eigenvalue weighted by atomic mass is 16.5. The van der Waals surface area contributed by atoms with E-state index in [9.17, 15) is 5.11 Å². The molecule has 0 bridgehead atoms. The van der Waals surface area contributed by atoms with Gasteiger partial charge in [0, 0.05) is 12.6 Å². The predicted molar refractivity (Wildman–Crippen MR) is 88.1 cm³/mol. The molecule has 0 unspecified atom stereocenters. The summed E-state index contributed by atoms with van der Waals surface area (Å²) in [4.78, 5) is 0. The number of hydrogen-bond donors (Lipinski definition) is 2. The Morgan fingerprint density at radius 2 is 1.95 bits per heavy atom. The van der Waals surface area contributed by atoms with Crippen LogP contribution in [-0.4, -0.2) is 37.5 Å². The van der Waals surface area contributed by atoms with Gasteiger partial charge in [-0.2, -0.15) is 0 Å². The van der Waals surface area contributed by atoms with Crippen molar-refractivity contribution in [3.05, 3.63) is 29.8 Å². The van der Waals surface area contributed by atoms with Gasteiger partial charge in [-0.1, -0.05) is 31.9 Å². The van der Waals surface area contributed by atoms with Crippen molar-refractivity contribution in [2.24, 2.45) is 5.92 Å². The Bertz CT molecular complexity index is 421. The number of ether oxygens (including phenoxy) is 2. The number of hydrogen-bond acceptors (Lipinski definition) is 4. The minimum atomic E-state index is -0.452. The quantitative estimate of drug-likeness (QED) is 0.775. The van der Waals surface area contributed by atoms with Crippen LogP contribution in [-0.2, 0) is 11.3 Å². The molecule has 22 heavy (non-hydrogen) atoms. The van der Waals surface area contributed by atoms with Crippen LogP contribution in [0.4, 0.5) is 0 Å². The number of aliphatic hydroxyl groups excluding tert-OH is 1. The van der Waals surface area contributed by atoms with E-state index < -0.39 is 6.10 Å². The van der Waals surface area contributed by atoms with Crippen molar-refractivity contribution in [2.45, 2.75) is 51.4 Å². The van der Waals surface area contributed by atoms with E-state index in [4.69, 9.17) is 9.47 Å². The molecule has 2 rings (SSSR count). The molecular formula is C18H29NO3. The van der Waals surface area contributed by atoms with Gasteiger partial charge < -0.3 is 19.9 Å². The minimum absolute atomic E-state index is 0.361. The maximum Gasteiger partial charge on any atom is 0.118 e. The molecule has 1 aliphatic carbocycles. The highest BCUT2D eigenvalue weighted by molar-refractivity contribution is 5.26. The van der Waals surface area contributed by atoms with Crippen molar-refractivity contribution in [1.82, 2.24) is 5.32 Å². The zero-order valence-electron chi connectivity index (χ0n) is 13.8. The van der Waals surface area contributed by atoms with E-state index in [2.05, 4.69) is 12.2 Å². The fourth-order valence-electron chi connectivity index (χ4n) is 3.00. The molecular weight excluding hydrogens is 278 g/mol. The van der Waals surface area contributed by atoms with Gasteiger partial charge in [0.25, 0.3) is 0 Å². The third kappa shape index (κ3) is 5.59. The van der Waals surface area contributed by atoms with E-state index in [1.807, 2.05) is 24.3 Å². The molecule has 1 aromatic rings. The monoisotopic (exact) mass is 307 g/mol. The first kappa shape index (κ1) is 17.3. The van der Waals surface area contributed by atoms with E-state index in [1.165, 1.54) is 25.7 Å². The summed E-state index contributed by atoms with van der Waals surface area (Å²) in [5, 5.41) is 13.5. The largest absolute Gasteiger partial charge is 0.497 e. The van der Waals surface area contributed by atoms with Crippen LogP contribution in [0.15, 0.2) is 24.3 Å². The fourth-order valence-corrected chi connectivity index (χ4v) is 3.00. The van der Waals surface area contributed by atoms with Crippen LogP contribution in [0.3, 0.4) is 0 Å². The lowest BCUT2D eigenvalue weighted by molar-refractivity contribution is 0.0260. The summed E-state index contributed by atoms with van der Waals surface area (Å²) in [6, 6.07) is 8.34. The highest BCUT2D eigenvalue weighted by Crippen LogP contribution is 2.23. The van der Waals surface area contributed by atoms with Gasteiger partial charge in [0.05, 0.1) is 26.4 Å². The Labute approximate surface area is 133 Å². The van der Waals surface area contributed by atoms with Crippen LogP contribution in [0, 0.1) is 5.92 Å². The zero-order chi connectivity index (χ0) is 15.8. The predicted octanol–water partition coefficient (Wildman–Crippen LogP) is 2.74. The zero-order valence-corrected chi connectivity index (χ0v) is 13.8. The van der Waals surface area contributed by atoms with Crippen LogP contribution >= 0.6 is 0 Å². The molecule has 0 aromatic heterocycles.